The number of unbranched alkanes of at least 4 members (excludes halogenated alkanes) is 1. The molecule has 1 aromatic rings. The summed E-state index contributed by atoms with van der Waals surface area (Å²) in [6, 6.07) is 5.47. The Morgan fingerprint density at radius 1 is 1.30 bits per heavy atom. The minimum atomic E-state index is 0.596. The van der Waals surface area contributed by atoms with E-state index in [4.69, 9.17) is 15.9 Å². The Morgan fingerprint density at radius 2 is 2.10 bits per heavy atom. The van der Waals surface area contributed by atoms with Gasteiger partial charge in [0.25, 0.3) is 0 Å². The van der Waals surface area contributed by atoms with Crippen LogP contribution in [0.3, 0.4) is 0 Å². The van der Waals surface area contributed by atoms with Crippen molar-refractivity contribution in [3.8, 4) is 5.75 Å². The minimum Gasteiger partial charge on any atom is -0.494 e. The average molecular weight is 276 g/mol. The lowest BCUT2D eigenvalue weighted by Gasteiger charge is -2.26. The van der Waals surface area contributed by atoms with Gasteiger partial charge < -0.3 is 26.1 Å². The molecular weight excluding hydrogens is 252 g/mol. The van der Waals surface area contributed by atoms with Crippen molar-refractivity contribution < 1.29 is 4.74 Å². The highest BCUT2D eigenvalue weighted by Crippen LogP contribution is 2.18. The number of nitrogens with two attached hydrogens (primary N) is 1. The van der Waals surface area contributed by atoms with Crippen molar-refractivity contribution in [2.24, 2.45) is 0 Å². The first kappa shape index (κ1) is 14.8. The summed E-state index contributed by atoms with van der Waals surface area (Å²) in [4.78, 5) is 2.49. The summed E-state index contributed by atoms with van der Waals surface area (Å²) in [5, 5.41) is 10.5. The molecular formula is C15H24N4O. The van der Waals surface area contributed by atoms with Crippen LogP contribution in [0.15, 0.2) is 18.2 Å². The molecule has 1 aliphatic rings. The highest BCUT2D eigenvalue weighted by Gasteiger charge is 2.08. The molecule has 2 rings (SSSR count). The predicted molar refractivity (Wildman–Crippen MR) is 82.8 cm³/mol. The lowest BCUT2D eigenvalue weighted by molar-refractivity contribution is 0.226. The fraction of sp³-hybridized carbons (Fsp3) is 0.533. The molecule has 4 N–H and O–H groups in total. The van der Waals surface area contributed by atoms with Crippen LogP contribution >= 0.6 is 0 Å². The summed E-state index contributed by atoms with van der Waals surface area (Å²) in [6.07, 6.45) is 3.47. The molecule has 0 bridgehead atoms. The quantitative estimate of drug-likeness (QED) is 0.399. The number of benzene rings is 1. The molecule has 20 heavy (non-hydrogen) atoms. The lowest BCUT2D eigenvalue weighted by Crippen LogP contribution is -2.43. The second-order valence-corrected chi connectivity index (χ2v) is 5.08. The highest BCUT2D eigenvalue weighted by atomic mass is 16.5. The number of ether oxygens (including phenoxy) is 1. The normalized spacial score (nSPS) is 16.0. The first-order valence-electron chi connectivity index (χ1n) is 7.25. The number of hydrogen-bond donors (Lipinski definition) is 3. The van der Waals surface area contributed by atoms with E-state index >= 15 is 0 Å². The molecule has 5 nitrogen and oxygen atoms in total. The van der Waals surface area contributed by atoms with Gasteiger partial charge in [-0.2, -0.15) is 0 Å². The van der Waals surface area contributed by atoms with E-state index in [0.29, 0.717) is 5.69 Å². The van der Waals surface area contributed by atoms with Gasteiger partial charge >= 0.3 is 0 Å². The Hall–Kier alpha value is -1.59. The van der Waals surface area contributed by atoms with Gasteiger partial charge in [-0.25, -0.2) is 0 Å². The molecule has 1 heterocycles. The molecule has 1 saturated heterocycles. The van der Waals surface area contributed by atoms with Gasteiger partial charge in [-0.3, -0.25) is 0 Å². The van der Waals surface area contributed by atoms with Crippen LogP contribution in [0.2, 0.25) is 0 Å². The first-order valence-corrected chi connectivity index (χ1v) is 7.25. The zero-order valence-electron chi connectivity index (χ0n) is 11.9. The molecule has 0 spiro atoms. The van der Waals surface area contributed by atoms with Crippen molar-refractivity contribution in [3.05, 3.63) is 23.8 Å². The van der Waals surface area contributed by atoms with Crippen LogP contribution in [0, 0.1) is 5.41 Å². The van der Waals surface area contributed by atoms with Gasteiger partial charge in [-0.15, -0.1) is 0 Å². The molecule has 5 heteroatoms. The van der Waals surface area contributed by atoms with Crippen LogP contribution in [0.4, 0.5) is 5.69 Å². The summed E-state index contributed by atoms with van der Waals surface area (Å²) in [5.74, 6) is 0.787. The Morgan fingerprint density at radius 3 is 2.80 bits per heavy atom. The Bertz CT molecular complexity index is 430. The molecule has 0 aliphatic carbocycles. The van der Waals surface area contributed by atoms with E-state index in [1.54, 1.807) is 6.07 Å². The number of hydrogen-bond acceptors (Lipinski definition) is 5. The van der Waals surface area contributed by atoms with Gasteiger partial charge in [0.15, 0.2) is 0 Å². The van der Waals surface area contributed by atoms with Gasteiger partial charge in [0.2, 0.25) is 0 Å². The predicted octanol–water partition coefficient (Wildman–Crippen LogP) is 1.33. The van der Waals surface area contributed by atoms with Crippen LogP contribution in [0.1, 0.15) is 18.4 Å². The van der Waals surface area contributed by atoms with Crippen LogP contribution < -0.4 is 15.8 Å². The second-order valence-electron chi connectivity index (χ2n) is 5.08. The molecule has 1 aliphatic heterocycles. The molecule has 0 amide bonds. The summed E-state index contributed by atoms with van der Waals surface area (Å²) in [7, 11) is 0. The fourth-order valence-electron chi connectivity index (χ4n) is 2.34. The molecule has 1 aromatic carbocycles. The van der Waals surface area contributed by atoms with Crippen molar-refractivity contribution in [2.75, 3.05) is 45.1 Å². The zero-order valence-corrected chi connectivity index (χ0v) is 11.9. The first-order chi connectivity index (χ1) is 9.79. The number of anilines is 1. The monoisotopic (exact) mass is 276 g/mol. The number of nitrogens with one attached hydrogen (secondary N) is 2. The maximum atomic E-state index is 7.19. The number of nitrogen functional groups attached to an aromatic ring is 1. The minimum absolute atomic E-state index is 0.596. The summed E-state index contributed by atoms with van der Waals surface area (Å²) < 4.78 is 5.69. The van der Waals surface area contributed by atoms with Crippen LogP contribution in [0.25, 0.3) is 0 Å². The maximum absolute atomic E-state index is 7.19. The molecule has 0 atom stereocenters. The average Bonchev–Trinajstić information content (AvgIpc) is 2.48. The van der Waals surface area contributed by atoms with E-state index in [9.17, 15) is 0 Å². The molecule has 0 unspecified atom stereocenters. The second kappa shape index (κ2) is 7.87. The topological polar surface area (TPSA) is 74.4 Å². The van der Waals surface area contributed by atoms with Gasteiger partial charge in [0.05, 0.1) is 6.61 Å². The van der Waals surface area contributed by atoms with Gasteiger partial charge in [-0.05, 0) is 31.5 Å². The van der Waals surface area contributed by atoms with Crippen LogP contribution in [-0.4, -0.2) is 50.4 Å². The highest BCUT2D eigenvalue weighted by molar-refractivity contribution is 5.85. The van der Waals surface area contributed by atoms with Crippen molar-refractivity contribution in [1.82, 2.24) is 10.2 Å². The SMILES string of the molecule is N=Cc1ccc(OCCCCN2CCNCC2)cc1N. The molecule has 0 radical (unpaired) electrons. The van der Waals surface area contributed by atoms with Crippen LogP contribution in [-0.2, 0) is 0 Å². The maximum Gasteiger partial charge on any atom is 0.121 e. The van der Waals surface area contributed by atoms with E-state index in [0.717, 1.165) is 63.5 Å². The third-order valence-corrected chi connectivity index (χ3v) is 3.56. The smallest absolute Gasteiger partial charge is 0.121 e. The molecule has 0 saturated carbocycles. The zero-order chi connectivity index (χ0) is 14.2. The molecule has 0 aromatic heterocycles. The van der Waals surface area contributed by atoms with Crippen molar-refractivity contribution in [3.63, 3.8) is 0 Å². The summed E-state index contributed by atoms with van der Waals surface area (Å²) >= 11 is 0. The molecule has 1 fully saturated rings. The van der Waals surface area contributed by atoms with Crippen molar-refractivity contribution in [1.29, 1.82) is 5.41 Å². The van der Waals surface area contributed by atoms with Crippen LogP contribution in [0.5, 0.6) is 5.75 Å². The number of rotatable bonds is 7. The van der Waals surface area contributed by atoms with E-state index in [1.807, 2.05) is 12.1 Å². The van der Waals surface area contributed by atoms with Crippen molar-refractivity contribution >= 4 is 11.9 Å². The Balaban J connectivity index is 1.63. The van der Waals surface area contributed by atoms with E-state index in [-0.39, 0.29) is 0 Å². The Kier molecular flexibility index (Phi) is 5.83. The summed E-state index contributed by atoms with van der Waals surface area (Å²) in [5.41, 5.74) is 7.14. The third kappa shape index (κ3) is 4.51. The lowest BCUT2D eigenvalue weighted by atomic mass is 10.2. The van der Waals surface area contributed by atoms with Gasteiger partial charge in [0.1, 0.15) is 5.75 Å². The van der Waals surface area contributed by atoms with E-state index in [1.165, 1.54) is 6.21 Å². The van der Waals surface area contributed by atoms with Gasteiger partial charge in [0, 0.05) is 49.7 Å². The largest absolute Gasteiger partial charge is 0.494 e. The van der Waals surface area contributed by atoms with E-state index < -0.39 is 0 Å². The number of nitrogens with zero attached hydrogens (tertiary/aromatic N) is 1. The Labute approximate surface area is 120 Å². The van der Waals surface area contributed by atoms with E-state index in [2.05, 4.69) is 10.2 Å². The molecule has 110 valence electrons. The number of piperazine rings is 1. The fourth-order valence-corrected chi connectivity index (χ4v) is 2.34. The van der Waals surface area contributed by atoms with Crippen molar-refractivity contribution in [2.45, 2.75) is 12.8 Å². The third-order valence-electron chi connectivity index (χ3n) is 3.56. The van der Waals surface area contributed by atoms with Gasteiger partial charge in [-0.1, -0.05) is 0 Å². The summed E-state index contributed by atoms with van der Waals surface area (Å²) in [6.45, 7) is 6.39. The standard InChI is InChI=1S/C15H24N4O/c16-12-13-3-4-14(11-15(13)17)20-10-2-1-7-19-8-5-18-6-9-19/h3-4,11-12,16,18H,1-2,5-10,17H2.